The van der Waals surface area contributed by atoms with Crippen LogP contribution in [0.3, 0.4) is 0 Å². The van der Waals surface area contributed by atoms with Gasteiger partial charge in [0.15, 0.2) is 0 Å². The van der Waals surface area contributed by atoms with Crippen molar-refractivity contribution in [1.29, 1.82) is 0 Å². The summed E-state index contributed by atoms with van der Waals surface area (Å²) in [6.45, 7) is 1.98. The highest BCUT2D eigenvalue weighted by atomic mass is 79.9. The number of halogens is 2. The van der Waals surface area contributed by atoms with Crippen LogP contribution < -0.4 is 17.0 Å². The van der Waals surface area contributed by atoms with E-state index in [2.05, 4.69) is 4.58 Å². The number of thioether (sulfide) groups is 1. The Morgan fingerprint density at radius 2 is 1.81 bits per heavy atom. The highest BCUT2D eigenvalue weighted by molar-refractivity contribution is 8.14. The molecule has 1 aromatic rings. The number of carboxylic acid groups (broad SMARTS) is 1. The minimum Gasteiger partial charge on any atom is -1.00 e. The molecule has 1 saturated heterocycles. The Bertz CT molecular complexity index is 497. The molecule has 0 atom stereocenters. The third-order valence-corrected chi connectivity index (χ3v) is 4.47. The minimum atomic E-state index is -0.802. The van der Waals surface area contributed by atoms with Crippen LogP contribution in [0.25, 0.3) is 0 Å². The second kappa shape index (κ2) is 9.20. The Morgan fingerprint density at radius 1 is 1.19 bits per heavy atom. The van der Waals surface area contributed by atoms with Crippen molar-refractivity contribution in [1.82, 2.24) is 0 Å². The molecular formula is C15H19BrFNO2S. The van der Waals surface area contributed by atoms with E-state index in [1.807, 2.05) is 0 Å². The first kappa shape index (κ1) is 18.2. The summed E-state index contributed by atoms with van der Waals surface area (Å²) in [5.41, 5.74) is 1.02. The first-order chi connectivity index (χ1) is 9.65. The van der Waals surface area contributed by atoms with E-state index in [1.165, 1.54) is 30.3 Å². The van der Waals surface area contributed by atoms with E-state index in [9.17, 15) is 9.18 Å². The van der Waals surface area contributed by atoms with Crippen molar-refractivity contribution in [3.8, 4) is 0 Å². The van der Waals surface area contributed by atoms with Crippen LogP contribution in [0.1, 0.15) is 24.8 Å². The number of carbonyl (C=O) groups is 1. The molecule has 0 aromatic heterocycles. The topological polar surface area (TPSA) is 40.3 Å². The molecule has 1 aliphatic rings. The van der Waals surface area contributed by atoms with Crippen molar-refractivity contribution >= 4 is 22.8 Å². The largest absolute Gasteiger partial charge is 1.00 e. The number of piperidine rings is 1. The lowest BCUT2D eigenvalue weighted by atomic mass is 10.1. The highest BCUT2D eigenvalue weighted by Crippen LogP contribution is 2.15. The molecule has 1 N–H and O–H groups in total. The van der Waals surface area contributed by atoms with Gasteiger partial charge in [0, 0.05) is 12.8 Å². The number of rotatable bonds is 4. The van der Waals surface area contributed by atoms with Gasteiger partial charge in [-0.1, -0.05) is 23.9 Å². The van der Waals surface area contributed by atoms with Crippen LogP contribution in [0, 0.1) is 5.82 Å². The van der Waals surface area contributed by atoms with Gasteiger partial charge in [-0.2, -0.15) is 0 Å². The molecule has 21 heavy (non-hydrogen) atoms. The van der Waals surface area contributed by atoms with Crippen molar-refractivity contribution in [2.24, 2.45) is 0 Å². The van der Waals surface area contributed by atoms with Gasteiger partial charge in [0.1, 0.15) is 24.7 Å². The zero-order valence-electron chi connectivity index (χ0n) is 11.7. The fourth-order valence-electron chi connectivity index (χ4n) is 2.32. The van der Waals surface area contributed by atoms with Gasteiger partial charge in [0.25, 0.3) is 0 Å². The molecule has 3 nitrogen and oxygen atoms in total. The number of hydrogen-bond acceptors (Lipinski definition) is 2. The van der Waals surface area contributed by atoms with Crippen LogP contribution >= 0.6 is 11.8 Å². The van der Waals surface area contributed by atoms with Crippen LogP contribution in [-0.4, -0.2) is 39.5 Å². The van der Waals surface area contributed by atoms with Crippen LogP contribution in [-0.2, 0) is 11.2 Å². The van der Waals surface area contributed by atoms with E-state index in [0.717, 1.165) is 36.5 Å². The molecular weight excluding hydrogens is 357 g/mol. The minimum absolute atomic E-state index is 0. The Morgan fingerprint density at radius 3 is 2.38 bits per heavy atom. The molecule has 0 amide bonds. The van der Waals surface area contributed by atoms with Gasteiger partial charge in [0.05, 0.1) is 6.42 Å². The third-order valence-electron chi connectivity index (χ3n) is 3.34. The molecule has 1 aromatic carbocycles. The fraction of sp³-hybridized carbons (Fsp3) is 0.467. The Labute approximate surface area is 139 Å². The lowest BCUT2D eigenvalue weighted by Gasteiger charge is -2.14. The average Bonchev–Trinajstić information content (AvgIpc) is 2.46. The fourth-order valence-corrected chi connectivity index (χ4v) is 3.24. The van der Waals surface area contributed by atoms with Crippen molar-refractivity contribution in [3.63, 3.8) is 0 Å². The first-order valence-electron chi connectivity index (χ1n) is 6.85. The lowest BCUT2D eigenvalue weighted by Crippen LogP contribution is -3.00. The molecule has 2 rings (SSSR count). The van der Waals surface area contributed by atoms with E-state index in [0.29, 0.717) is 6.42 Å². The van der Waals surface area contributed by atoms with Gasteiger partial charge >= 0.3 is 5.97 Å². The van der Waals surface area contributed by atoms with Crippen LogP contribution in [0.4, 0.5) is 4.39 Å². The molecule has 0 saturated carbocycles. The molecule has 1 heterocycles. The second-order valence-corrected chi connectivity index (χ2v) is 5.98. The molecule has 0 unspecified atom stereocenters. The normalized spacial score (nSPS) is 14.4. The van der Waals surface area contributed by atoms with E-state index >= 15 is 0 Å². The number of carboxylic acids is 1. The quantitative estimate of drug-likeness (QED) is 0.584. The summed E-state index contributed by atoms with van der Waals surface area (Å²) in [7, 11) is 0. The SMILES string of the molecule is O=C(O)CSC(Cc1ccc(F)cc1)=[N+]1CCCCC1.[Br-]. The van der Waals surface area contributed by atoms with Gasteiger partial charge < -0.3 is 22.1 Å². The van der Waals surface area contributed by atoms with Crippen molar-refractivity contribution < 1.29 is 35.8 Å². The molecule has 1 fully saturated rings. The van der Waals surface area contributed by atoms with Gasteiger partial charge in [0.2, 0.25) is 5.04 Å². The smallest absolute Gasteiger partial charge is 0.314 e. The summed E-state index contributed by atoms with van der Waals surface area (Å²) >= 11 is 1.38. The molecule has 0 spiro atoms. The van der Waals surface area contributed by atoms with Crippen LogP contribution in [0.15, 0.2) is 24.3 Å². The molecule has 0 aliphatic carbocycles. The van der Waals surface area contributed by atoms with Crippen molar-refractivity contribution in [2.75, 3.05) is 18.8 Å². The molecule has 116 valence electrons. The standard InChI is InChI=1S/C15H18FNO2S.BrH/c16-13-6-4-12(5-7-13)10-14(20-11-15(18)19)17-8-2-1-3-9-17;/h4-7H,1-3,8-11H2;1H. The van der Waals surface area contributed by atoms with Crippen molar-refractivity contribution in [2.45, 2.75) is 25.7 Å². The summed E-state index contributed by atoms with van der Waals surface area (Å²) in [6, 6.07) is 6.43. The highest BCUT2D eigenvalue weighted by Gasteiger charge is 2.20. The van der Waals surface area contributed by atoms with E-state index in [1.54, 1.807) is 12.1 Å². The maximum Gasteiger partial charge on any atom is 0.314 e. The predicted octanol–water partition coefficient (Wildman–Crippen LogP) is -0.215. The Hall–Kier alpha value is -0.880. The number of aliphatic carboxylic acids is 1. The zero-order chi connectivity index (χ0) is 14.4. The van der Waals surface area contributed by atoms with Gasteiger partial charge in [-0.15, -0.1) is 0 Å². The maximum atomic E-state index is 12.9. The number of nitrogens with zero attached hydrogens (tertiary/aromatic N) is 1. The van der Waals surface area contributed by atoms with Gasteiger partial charge in [-0.25, -0.2) is 8.97 Å². The van der Waals surface area contributed by atoms with E-state index < -0.39 is 5.97 Å². The molecule has 0 radical (unpaired) electrons. The van der Waals surface area contributed by atoms with Crippen LogP contribution in [0.2, 0.25) is 0 Å². The lowest BCUT2D eigenvalue weighted by molar-refractivity contribution is -0.535. The third kappa shape index (κ3) is 6.18. The zero-order valence-corrected chi connectivity index (χ0v) is 14.1. The predicted molar refractivity (Wildman–Crippen MR) is 79.1 cm³/mol. The summed E-state index contributed by atoms with van der Waals surface area (Å²) in [6.07, 6.45) is 4.23. The van der Waals surface area contributed by atoms with E-state index in [4.69, 9.17) is 5.11 Å². The number of hydrogen-bond donors (Lipinski definition) is 1. The summed E-state index contributed by atoms with van der Waals surface area (Å²) in [5, 5.41) is 9.94. The summed E-state index contributed by atoms with van der Waals surface area (Å²) in [4.78, 5) is 10.8. The first-order valence-corrected chi connectivity index (χ1v) is 7.83. The van der Waals surface area contributed by atoms with Gasteiger partial charge in [-0.05, 0) is 24.1 Å². The van der Waals surface area contributed by atoms with Crippen LogP contribution in [0.5, 0.6) is 0 Å². The molecule has 6 heteroatoms. The summed E-state index contributed by atoms with van der Waals surface area (Å²) in [5.74, 6) is -0.970. The van der Waals surface area contributed by atoms with Crippen molar-refractivity contribution in [3.05, 3.63) is 35.6 Å². The Balaban J connectivity index is 0.00000220. The second-order valence-electron chi connectivity index (χ2n) is 4.93. The van der Waals surface area contributed by atoms with E-state index in [-0.39, 0.29) is 28.6 Å². The average molecular weight is 376 g/mol. The maximum absolute atomic E-state index is 12.9. The van der Waals surface area contributed by atoms with Gasteiger partial charge in [-0.3, -0.25) is 4.79 Å². The number of benzene rings is 1. The molecule has 1 aliphatic heterocycles. The Kier molecular flexibility index (Phi) is 7.96. The summed E-state index contributed by atoms with van der Waals surface area (Å²) < 4.78 is 15.2. The monoisotopic (exact) mass is 375 g/mol. The molecule has 0 bridgehead atoms.